The maximum atomic E-state index is 12.4. The molecule has 158 valence electrons. The van der Waals surface area contributed by atoms with Gasteiger partial charge in [0.15, 0.2) is 18.1 Å². The number of hydrogen-bond acceptors (Lipinski definition) is 7. The van der Waals surface area contributed by atoms with Crippen LogP contribution >= 0.6 is 0 Å². The smallest absolute Gasteiger partial charge is 0.345 e. The second-order valence-corrected chi connectivity index (χ2v) is 6.84. The van der Waals surface area contributed by atoms with Crippen LogP contribution < -0.4 is 14.8 Å². The Morgan fingerprint density at radius 3 is 2.50 bits per heavy atom. The number of esters is 1. The van der Waals surface area contributed by atoms with Crippen molar-refractivity contribution in [1.82, 2.24) is 5.32 Å². The van der Waals surface area contributed by atoms with E-state index in [1.54, 1.807) is 0 Å². The van der Waals surface area contributed by atoms with E-state index >= 15 is 0 Å². The molecule has 3 rings (SSSR count). The van der Waals surface area contributed by atoms with Gasteiger partial charge in [0.05, 0.1) is 11.0 Å². The van der Waals surface area contributed by atoms with Crippen molar-refractivity contribution in [3.63, 3.8) is 0 Å². The lowest BCUT2D eigenvalue weighted by Crippen LogP contribution is -2.36. The largest absolute Gasteiger partial charge is 0.486 e. The molecule has 2 aromatic rings. The van der Waals surface area contributed by atoms with E-state index in [9.17, 15) is 19.7 Å². The van der Waals surface area contributed by atoms with Gasteiger partial charge in [0.2, 0.25) is 0 Å². The van der Waals surface area contributed by atoms with Gasteiger partial charge in [-0.2, -0.15) is 0 Å². The Morgan fingerprint density at radius 2 is 1.83 bits per heavy atom. The molecule has 2 aromatic carbocycles. The number of aryl methyl sites for hydroxylation is 1. The summed E-state index contributed by atoms with van der Waals surface area (Å²) in [5.41, 5.74) is 0.394. The lowest BCUT2D eigenvalue weighted by atomic mass is 10.1. The molecule has 1 N–H and O–H groups in total. The average molecular weight is 414 g/mol. The summed E-state index contributed by atoms with van der Waals surface area (Å²) in [5.74, 6) is -1.05. The van der Waals surface area contributed by atoms with Gasteiger partial charge in [-0.25, -0.2) is 4.79 Å². The molecule has 30 heavy (non-hydrogen) atoms. The summed E-state index contributed by atoms with van der Waals surface area (Å²) in [6.07, 6.45) is 1.52. The van der Waals surface area contributed by atoms with Gasteiger partial charge in [0, 0.05) is 12.1 Å². The summed E-state index contributed by atoms with van der Waals surface area (Å²) < 4.78 is 15.6. The first-order valence-corrected chi connectivity index (χ1v) is 9.52. The van der Waals surface area contributed by atoms with Crippen molar-refractivity contribution < 1.29 is 28.7 Å². The normalized spacial score (nSPS) is 13.2. The van der Waals surface area contributed by atoms with E-state index in [1.165, 1.54) is 6.07 Å². The third kappa shape index (κ3) is 5.47. The first-order chi connectivity index (χ1) is 14.4. The average Bonchev–Trinajstić information content (AvgIpc) is 2.75. The van der Waals surface area contributed by atoms with Crippen LogP contribution in [-0.4, -0.2) is 42.7 Å². The molecule has 1 aliphatic heterocycles. The van der Waals surface area contributed by atoms with Crippen LogP contribution in [0.5, 0.6) is 11.5 Å². The number of ether oxygens (including phenoxy) is 3. The van der Waals surface area contributed by atoms with Gasteiger partial charge in [-0.05, 0) is 25.3 Å². The van der Waals surface area contributed by atoms with Gasteiger partial charge >= 0.3 is 5.97 Å². The third-order valence-electron chi connectivity index (χ3n) is 4.53. The van der Waals surface area contributed by atoms with E-state index in [2.05, 4.69) is 5.32 Å². The van der Waals surface area contributed by atoms with Crippen LogP contribution in [0.3, 0.4) is 0 Å². The molecule has 0 spiro atoms. The molecule has 9 nitrogen and oxygen atoms in total. The van der Waals surface area contributed by atoms with Crippen molar-refractivity contribution in [2.45, 2.75) is 25.8 Å². The number of amides is 1. The number of benzene rings is 2. The van der Waals surface area contributed by atoms with Gasteiger partial charge in [-0.1, -0.05) is 30.3 Å². The van der Waals surface area contributed by atoms with Crippen molar-refractivity contribution in [3.8, 4) is 11.5 Å². The number of rotatable bonds is 8. The summed E-state index contributed by atoms with van der Waals surface area (Å²) in [5, 5.41) is 14.1. The standard InChI is InChI=1S/C21H22N2O7/c1-14(7-8-15-5-3-2-4-6-15)22-20(24)13-30-21(25)16-11-18-19(29-10-9-28-18)12-17(16)23(26)27/h2-6,11-12,14H,7-10,13H2,1H3,(H,22,24)/t14-/m1/s1. The zero-order valence-corrected chi connectivity index (χ0v) is 16.5. The molecule has 1 aliphatic rings. The predicted molar refractivity (Wildman–Crippen MR) is 107 cm³/mol. The Kier molecular flexibility index (Phi) is 6.84. The van der Waals surface area contributed by atoms with Crippen molar-refractivity contribution in [3.05, 3.63) is 63.7 Å². The molecule has 0 fully saturated rings. The first-order valence-electron chi connectivity index (χ1n) is 9.52. The van der Waals surface area contributed by atoms with Crippen LogP contribution in [0.4, 0.5) is 5.69 Å². The summed E-state index contributed by atoms with van der Waals surface area (Å²) in [6.45, 7) is 1.84. The third-order valence-corrected chi connectivity index (χ3v) is 4.53. The zero-order chi connectivity index (χ0) is 21.5. The molecule has 0 saturated carbocycles. The molecule has 0 unspecified atom stereocenters. The maximum absolute atomic E-state index is 12.4. The predicted octanol–water partition coefficient (Wildman–Crippen LogP) is 2.66. The molecule has 0 saturated heterocycles. The van der Waals surface area contributed by atoms with Gasteiger partial charge < -0.3 is 19.5 Å². The SMILES string of the molecule is C[C@H](CCc1ccccc1)NC(=O)COC(=O)c1cc2c(cc1[N+](=O)[O-])OCCO2. The highest BCUT2D eigenvalue weighted by atomic mass is 16.6. The molecule has 1 atom stereocenters. The van der Waals surface area contributed by atoms with Crippen LogP contribution in [0.1, 0.15) is 29.3 Å². The number of nitrogens with zero attached hydrogens (tertiary/aromatic N) is 1. The highest BCUT2D eigenvalue weighted by Gasteiger charge is 2.27. The fourth-order valence-corrected chi connectivity index (χ4v) is 3.02. The molecule has 0 aliphatic carbocycles. The topological polar surface area (TPSA) is 117 Å². The highest BCUT2D eigenvalue weighted by molar-refractivity contribution is 5.96. The number of carbonyl (C=O) groups excluding carboxylic acids is 2. The number of nitro groups is 1. The molecular weight excluding hydrogens is 392 g/mol. The van der Waals surface area contributed by atoms with Crippen LogP contribution in [0.2, 0.25) is 0 Å². The number of hydrogen-bond donors (Lipinski definition) is 1. The van der Waals surface area contributed by atoms with Crippen molar-refractivity contribution in [2.75, 3.05) is 19.8 Å². The summed E-state index contributed by atoms with van der Waals surface area (Å²) in [7, 11) is 0. The molecular formula is C21H22N2O7. The molecule has 1 heterocycles. The van der Waals surface area contributed by atoms with Gasteiger partial charge in [-0.15, -0.1) is 0 Å². The van der Waals surface area contributed by atoms with Gasteiger partial charge in [0.1, 0.15) is 18.8 Å². The maximum Gasteiger partial charge on any atom is 0.345 e. The van der Waals surface area contributed by atoms with Crippen LogP contribution in [0, 0.1) is 10.1 Å². The van der Waals surface area contributed by atoms with Crippen LogP contribution in [0.25, 0.3) is 0 Å². The van der Waals surface area contributed by atoms with E-state index < -0.39 is 29.1 Å². The Hall–Kier alpha value is -3.62. The minimum Gasteiger partial charge on any atom is -0.486 e. The van der Waals surface area contributed by atoms with E-state index in [0.717, 1.165) is 24.5 Å². The summed E-state index contributed by atoms with van der Waals surface area (Å²) in [4.78, 5) is 35.0. The number of carbonyl (C=O) groups is 2. The second kappa shape index (κ2) is 9.73. The van der Waals surface area contributed by atoms with E-state index in [1.807, 2.05) is 37.3 Å². The Morgan fingerprint density at radius 1 is 1.17 bits per heavy atom. The summed E-state index contributed by atoms with van der Waals surface area (Å²) >= 11 is 0. The molecule has 0 aromatic heterocycles. The highest BCUT2D eigenvalue weighted by Crippen LogP contribution is 2.36. The van der Waals surface area contributed by atoms with Crippen LogP contribution in [-0.2, 0) is 16.0 Å². The van der Waals surface area contributed by atoms with Crippen LogP contribution in [0.15, 0.2) is 42.5 Å². The minimum absolute atomic E-state index is 0.125. The Labute approximate surface area is 173 Å². The Balaban J connectivity index is 1.54. The van der Waals surface area contributed by atoms with Gasteiger partial charge in [-0.3, -0.25) is 14.9 Å². The van der Waals surface area contributed by atoms with Crippen molar-refractivity contribution in [1.29, 1.82) is 0 Å². The van der Waals surface area contributed by atoms with Gasteiger partial charge in [0.25, 0.3) is 11.6 Å². The molecule has 9 heteroatoms. The molecule has 1 amide bonds. The lowest BCUT2D eigenvalue weighted by molar-refractivity contribution is -0.385. The van der Waals surface area contributed by atoms with E-state index in [0.29, 0.717) is 0 Å². The zero-order valence-electron chi connectivity index (χ0n) is 16.5. The minimum atomic E-state index is -0.981. The van der Waals surface area contributed by atoms with E-state index in [4.69, 9.17) is 14.2 Å². The summed E-state index contributed by atoms with van der Waals surface area (Å²) in [6, 6.07) is 12.1. The van der Waals surface area contributed by atoms with Crippen molar-refractivity contribution >= 4 is 17.6 Å². The second-order valence-electron chi connectivity index (χ2n) is 6.84. The fraction of sp³-hybridized carbons (Fsp3) is 0.333. The van der Waals surface area contributed by atoms with E-state index in [-0.39, 0.29) is 36.3 Å². The molecule has 0 radical (unpaired) electrons. The monoisotopic (exact) mass is 414 g/mol. The Bertz CT molecular complexity index is 930. The number of fused-ring (bicyclic) bond motifs is 1. The number of nitro benzene ring substituents is 1. The quantitative estimate of drug-likeness (QED) is 0.401. The lowest BCUT2D eigenvalue weighted by Gasteiger charge is -2.18. The van der Waals surface area contributed by atoms with Crippen molar-refractivity contribution in [2.24, 2.45) is 0 Å². The number of nitrogens with one attached hydrogen (secondary N) is 1. The molecule has 0 bridgehead atoms. The first kappa shape index (κ1) is 21.1. The fourth-order valence-electron chi connectivity index (χ4n) is 3.02.